The predicted molar refractivity (Wildman–Crippen MR) is 111 cm³/mol. The molecular formula is C23H34N2. The van der Waals surface area contributed by atoms with E-state index in [1.54, 1.807) is 0 Å². The minimum Gasteiger partial charge on any atom is -0.341 e. The van der Waals surface area contributed by atoms with Crippen LogP contribution < -0.4 is 10.6 Å². The molecule has 0 amide bonds. The van der Waals surface area contributed by atoms with Gasteiger partial charge < -0.3 is 10.6 Å². The maximum Gasteiger partial charge on any atom is 0.0475 e. The largest absolute Gasteiger partial charge is 0.341 e. The molecular weight excluding hydrogens is 304 g/mol. The fourth-order valence-corrected chi connectivity index (χ4v) is 3.71. The molecule has 2 N–H and O–H groups in total. The molecule has 0 aliphatic heterocycles. The topological polar surface area (TPSA) is 29.3 Å². The molecule has 2 heteroatoms. The second-order valence-corrected chi connectivity index (χ2v) is 6.56. The molecule has 0 aliphatic rings. The van der Waals surface area contributed by atoms with Gasteiger partial charge in [-0.2, -0.15) is 0 Å². The quantitative estimate of drug-likeness (QED) is 0.661. The molecule has 2 aromatic rings. The van der Waals surface area contributed by atoms with Gasteiger partial charge in [0, 0.05) is 17.9 Å². The summed E-state index contributed by atoms with van der Waals surface area (Å²) < 4.78 is 0. The van der Waals surface area contributed by atoms with Gasteiger partial charge in [-0.05, 0) is 60.9 Å². The zero-order valence-corrected chi connectivity index (χ0v) is 16.4. The lowest BCUT2D eigenvalue weighted by Crippen LogP contribution is -2.25. The molecule has 0 heterocycles. The second-order valence-electron chi connectivity index (χ2n) is 6.56. The number of benzene rings is 2. The lowest BCUT2D eigenvalue weighted by molar-refractivity contribution is 0.802. The molecule has 0 spiro atoms. The zero-order chi connectivity index (χ0) is 18.2. The Morgan fingerprint density at radius 2 is 1.04 bits per heavy atom. The Bertz CT molecular complexity index is 576. The summed E-state index contributed by atoms with van der Waals surface area (Å²) >= 11 is 0. The van der Waals surface area contributed by atoms with Gasteiger partial charge in [-0.3, -0.25) is 0 Å². The summed E-state index contributed by atoms with van der Waals surface area (Å²) in [5.41, 5.74) is 14.5. The van der Waals surface area contributed by atoms with E-state index in [2.05, 4.69) is 69.0 Å². The van der Waals surface area contributed by atoms with Crippen LogP contribution in [0.5, 0.6) is 0 Å². The van der Waals surface area contributed by atoms with Crippen molar-refractivity contribution in [2.45, 2.75) is 59.8 Å². The SMILES string of the molecule is CCc1cccc(CC)c1N(CCCN)c1c(CC)cccc1CC. The standard InChI is InChI=1S/C23H34N2/c1-5-18-12-9-13-19(6-2)22(18)25(17-11-16-24)23-20(7-3)14-10-15-21(23)8-4/h9-10,12-15H,5-8,11,16-17,24H2,1-4H3. The van der Waals surface area contributed by atoms with Crippen LogP contribution in [0.1, 0.15) is 56.4 Å². The van der Waals surface area contributed by atoms with E-state index < -0.39 is 0 Å². The highest BCUT2D eigenvalue weighted by atomic mass is 15.1. The molecule has 0 saturated heterocycles. The highest BCUT2D eigenvalue weighted by Gasteiger charge is 2.20. The van der Waals surface area contributed by atoms with Crippen LogP contribution in [0.3, 0.4) is 0 Å². The number of para-hydroxylation sites is 2. The fourth-order valence-electron chi connectivity index (χ4n) is 3.71. The summed E-state index contributed by atoms with van der Waals surface area (Å²) in [7, 11) is 0. The summed E-state index contributed by atoms with van der Waals surface area (Å²) in [4.78, 5) is 2.57. The van der Waals surface area contributed by atoms with E-state index in [9.17, 15) is 0 Å². The van der Waals surface area contributed by atoms with E-state index in [-0.39, 0.29) is 0 Å². The average molecular weight is 339 g/mol. The van der Waals surface area contributed by atoms with Gasteiger partial charge in [0.1, 0.15) is 0 Å². The molecule has 2 nitrogen and oxygen atoms in total. The first kappa shape index (κ1) is 19.5. The van der Waals surface area contributed by atoms with Gasteiger partial charge in [0.15, 0.2) is 0 Å². The molecule has 136 valence electrons. The maximum atomic E-state index is 5.89. The van der Waals surface area contributed by atoms with Crippen molar-refractivity contribution >= 4 is 11.4 Å². The van der Waals surface area contributed by atoms with Crippen molar-refractivity contribution in [1.82, 2.24) is 0 Å². The Kier molecular flexibility index (Phi) is 7.52. The van der Waals surface area contributed by atoms with Crippen molar-refractivity contribution in [3.63, 3.8) is 0 Å². The maximum absolute atomic E-state index is 5.89. The monoisotopic (exact) mass is 338 g/mol. The minimum absolute atomic E-state index is 0.724. The lowest BCUT2D eigenvalue weighted by atomic mass is 9.97. The van der Waals surface area contributed by atoms with E-state index in [4.69, 9.17) is 5.73 Å². The third-order valence-corrected chi connectivity index (χ3v) is 5.06. The smallest absolute Gasteiger partial charge is 0.0475 e. The molecule has 0 unspecified atom stereocenters. The minimum atomic E-state index is 0.724. The van der Waals surface area contributed by atoms with E-state index >= 15 is 0 Å². The zero-order valence-electron chi connectivity index (χ0n) is 16.4. The number of anilines is 2. The Balaban J connectivity index is 2.71. The van der Waals surface area contributed by atoms with Crippen LogP contribution in [-0.2, 0) is 25.7 Å². The number of nitrogens with zero attached hydrogens (tertiary/aromatic N) is 1. The average Bonchev–Trinajstić information content (AvgIpc) is 2.67. The van der Waals surface area contributed by atoms with Crippen LogP contribution in [0.4, 0.5) is 11.4 Å². The molecule has 0 atom stereocenters. The van der Waals surface area contributed by atoms with Gasteiger partial charge >= 0.3 is 0 Å². The van der Waals surface area contributed by atoms with E-state index in [1.165, 1.54) is 33.6 Å². The number of hydrogen-bond acceptors (Lipinski definition) is 2. The number of rotatable bonds is 9. The van der Waals surface area contributed by atoms with Crippen LogP contribution in [0, 0.1) is 0 Å². The molecule has 2 rings (SSSR count). The summed E-state index contributed by atoms with van der Waals surface area (Å²) in [6, 6.07) is 13.5. The van der Waals surface area contributed by atoms with Crippen molar-refractivity contribution in [1.29, 1.82) is 0 Å². The third-order valence-electron chi connectivity index (χ3n) is 5.06. The van der Waals surface area contributed by atoms with E-state index in [0.29, 0.717) is 0 Å². The van der Waals surface area contributed by atoms with E-state index in [1.807, 2.05) is 0 Å². The van der Waals surface area contributed by atoms with Crippen molar-refractivity contribution in [2.24, 2.45) is 5.73 Å². The van der Waals surface area contributed by atoms with Crippen molar-refractivity contribution < 1.29 is 0 Å². The normalized spacial score (nSPS) is 10.9. The van der Waals surface area contributed by atoms with Crippen LogP contribution in [0.15, 0.2) is 36.4 Å². The van der Waals surface area contributed by atoms with Crippen LogP contribution in [0.2, 0.25) is 0 Å². The Morgan fingerprint density at radius 1 is 0.680 bits per heavy atom. The molecule has 0 saturated carbocycles. The number of nitrogens with two attached hydrogens (primary N) is 1. The van der Waals surface area contributed by atoms with Crippen molar-refractivity contribution in [3.05, 3.63) is 58.7 Å². The third kappa shape index (κ3) is 4.24. The molecule has 0 bridgehead atoms. The molecule has 2 aromatic carbocycles. The fraction of sp³-hybridized carbons (Fsp3) is 0.478. The summed E-state index contributed by atoms with van der Waals surface area (Å²) in [5, 5.41) is 0. The highest BCUT2D eigenvalue weighted by molar-refractivity contribution is 5.74. The summed E-state index contributed by atoms with van der Waals surface area (Å²) in [6.07, 6.45) is 5.22. The number of aryl methyl sites for hydroxylation is 4. The summed E-state index contributed by atoms with van der Waals surface area (Å²) in [6.45, 7) is 10.7. The molecule has 0 radical (unpaired) electrons. The highest BCUT2D eigenvalue weighted by Crippen LogP contribution is 2.37. The molecule has 0 fully saturated rings. The van der Waals surface area contributed by atoms with Crippen LogP contribution >= 0.6 is 0 Å². The first-order chi connectivity index (χ1) is 12.2. The van der Waals surface area contributed by atoms with Gasteiger partial charge in [0.05, 0.1) is 0 Å². The predicted octanol–water partition coefficient (Wildman–Crippen LogP) is 5.42. The van der Waals surface area contributed by atoms with Crippen LogP contribution in [-0.4, -0.2) is 13.1 Å². The number of hydrogen-bond donors (Lipinski definition) is 1. The first-order valence-corrected chi connectivity index (χ1v) is 9.90. The van der Waals surface area contributed by atoms with Gasteiger partial charge in [-0.25, -0.2) is 0 Å². The molecule has 0 aliphatic carbocycles. The van der Waals surface area contributed by atoms with Crippen molar-refractivity contribution in [3.8, 4) is 0 Å². The Labute approximate surface area is 154 Å². The van der Waals surface area contributed by atoms with Gasteiger partial charge in [-0.15, -0.1) is 0 Å². The van der Waals surface area contributed by atoms with Gasteiger partial charge in [0.25, 0.3) is 0 Å². The van der Waals surface area contributed by atoms with Gasteiger partial charge in [0.2, 0.25) is 0 Å². The lowest BCUT2D eigenvalue weighted by Gasteiger charge is -2.33. The summed E-state index contributed by atoms with van der Waals surface area (Å²) in [5.74, 6) is 0. The second kappa shape index (κ2) is 9.62. The van der Waals surface area contributed by atoms with E-state index in [0.717, 1.165) is 45.2 Å². The van der Waals surface area contributed by atoms with Gasteiger partial charge in [-0.1, -0.05) is 64.1 Å². The Morgan fingerprint density at radius 3 is 1.32 bits per heavy atom. The van der Waals surface area contributed by atoms with Crippen LogP contribution in [0.25, 0.3) is 0 Å². The molecule has 25 heavy (non-hydrogen) atoms. The molecule has 0 aromatic heterocycles. The Hall–Kier alpha value is -1.80. The van der Waals surface area contributed by atoms with Crippen molar-refractivity contribution in [2.75, 3.05) is 18.0 Å². The first-order valence-electron chi connectivity index (χ1n) is 9.90.